The summed E-state index contributed by atoms with van der Waals surface area (Å²) in [6.45, 7) is 0. The van der Waals surface area contributed by atoms with Crippen LogP contribution in [0, 0.1) is 29.6 Å². The first-order chi connectivity index (χ1) is 10.8. The number of aromatic nitrogens is 2. The van der Waals surface area contributed by atoms with Gasteiger partial charge in [0.15, 0.2) is 0 Å². The summed E-state index contributed by atoms with van der Waals surface area (Å²) in [5.74, 6) is 3.46. The van der Waals surface area contributed by atoms with Crippen LogP contribution in [0.15, 0.2) is 30.6 Å². The van der Waals surface area contributed by atoms with Gasteiger partial charge in [0.1, 0.15) is 6.33 Å². The fourth-order valence-corrected chi connectivity index (χ4v) is 5.59. The van der Waals surface area contributed by atoms with E-state index in [-0.39, 0.29) is 11.8 Å². The van der Waals surface area contributed by atoms with Crippen LogP contribution >= 0.6 is 0 Å². The topological polar surface area (TPSA) is 46.9 Å². The van der Waals surface area contributed by atoms with E-state index in [4.69, 9.17) is 0 Å². The van der Waals surface area contributed by atoms with E-state index in [2.05, 4.69) is 10.4 Å². The quantitative estimate of drug-likeness (QED) is 0.925. The van der Waals surface area contributed by atoms with E-state index in [9.17, 15) is 4.79 Å². The highest BCUT2D eigenvalue weighted by Gasteiger charge is 2.50. The second-order valence-corrected chi connectivity index (χ2v) is 7.54. The predicted molar refractivity (Wildman–Crippen MR) is 84.6 cm³/mol. The summed E-state index contributed by atoms with van der Waals surface area (Å²) < 4.78 is 1.79. The Bertz CT molecular complexity index is 707. The van der Waals surface area contributed by atoms with Crippen molar-refractivity contribution in [3.63, 3.8) is 0 Å². The molecule has 4 fully saturated rings. The van der Waals surface area contributed by atoms with Crippen molar-refractivity contribution < 1.29 is 4.79 Å². The Labute approximate surface area is 129 Å². The van der Waals surface area contributed by atoms with Crippen LogP contribution in [0.1, 0.15) is 32.1 Å². The van der Waals surface area contributed by atoms with Gasteiger partial charge in [0.25, 0.3) is 0 Å². The Balaban J connectivity index is 1.41. The van der Waals surface area contributed by atoms with E-state index in [0.29, 0.717) is 11.8 Å². The molecular formula is C18H21N3O. The van der Waals surface area contributed by atoms with Crippen molar-refractivity contribution in [3.05, 3.63) is 30.6 Å². The van der Waals surface area contributed by atoms with Gasteiger partial charge >= 0.3 is 0 Å². The van der Waals surface area contributed by atoms with E-state index in [1.54, 1.807) is 11.0 Å². The number of amides is 1. The highest BCUT2D eigenvalue weighted by molar-refractivity contribution is 5.88. The molecule has 4 aliphatic carbocycles. The lowest BCUT2D eigenvalue weighted by Gasteiger charge is -2.53. The normalized spacial score (nSPS) is 35.9. The zero-order valence-corrected chi connectivity index (χ0v) is 12.6. The van der Waals surface area contributed by atoms with Gasteiger partial charge in [-0.05, 0) is 67.9 Å². The van der Waals surface area contributed by atoms with Crippen LogP contribution < -0.4 is 5.43 Å². The van der Waals surface area contributed by atoms with Crippen LogP contribution in [0.5, 0.6) is 0 Å². The number of imidazole rings is 1. The number of benzene rings is 1. The minimum atomic E-state index is 0.206. The number of hydrogen-bond donors (Lipinski definition) is 1. The number of nitrogens with zero attached hydrogens (tertiary/aromatic N) is 2. The molecule has 4 nitrogen and oxygen atoms in total. The summed E-state index contributed by atoms with van der Waals surface area (Å²) in [5.41, 5.74) is 5.00. The lowest BCUT2D eigenvalue weighted by atomic mass is 9.52. The largest absolute Gasteiger partial charge is 0.273 e. The first-order valence-corrected chi connectivity index (χ1v) is 8.51. The van der Waals surface area contributed by atoms with Crippen molar-refractivity contribution in [2.24, 2.45) is 29.6 Å². The summed E-state index contributed by atoms with van der Waals surface area (Å²) in [6, 6.07) is 7.93. The maximum atomic E-state index is 12.9. The molecule has 22 heavy (non-hydrogen) atoms. The summed E-state index contributed by atoms with van der Waals surface area (Å²) >= 11 is 0. The molecule has 1 aromatic carbocycles. The van der Waals surface area contributed by atoms with Crippen molar-refractivity contribution in [1.29, 1.82) is 0 Å². The highest BCUT2D eigenvalue weighted by atomic mass is 16.2. The van der Waals surface area contributed by atoms with Gasteiger partial charge in [-0.25, -0.2) is 9.66 Å². The van der Waals surface area contributed by atoms with Gasteiger partial charge in [-0.1, -0.05) is 12.1 Å². The highest BCUT2D eigenvalue weighted by Crippen LogP contribution is 2.56. The summed E-state index contributed by atoms with van der Waals surface area (Å²) in [6.07, 6.45) is 8.24. The van der Waals surface area contributed by atoms with E-state index >= 15 is 0 Å². The standard InChI is InChI=1S/C18H21N3O/c22-18(20-21-10-19-15-3-1-2-4-16(15)21)17-13-6-11-5-12(8-13)9-14(17)7-11/h1-4,10-14,17H,5-9H2,(H,20,22). The Morgan fingerprint density at radius 2 is 1.73 bits per heavy atom. The number of para-hydroxylation sites is 2. The molecule has 1 amide bonds. The van der Waals surface area contributed by atoms with E-state index in [1.807, 2.05) is 24.3 Å². The summed E-state index contributed by atoms with van der Waals surface area (Å²) in [4.78, 5) is 17.2. The van der Waals surface area contributed by atoms with Gasteiger partial charge in [0.2, 0.25) is 5.91 Å². The van der Waals surface area contributed by atoms with Gasteiger partial charge in [-0.2, -0.15) is 0 Å². The SMILES string of the molecule is O=C(Nn1cnc2ccccc21)C1C2CC3CC(C2)CC1C3. The molecule has 1 heterocycles. The van der Waals surface area contributed by atoms with E-state index < -0.39 is 0 Å². The molecule has 0 radical (unpaired) electrons. The Hall–Kier alpha value is -1.84. The molecular weight excluding hydrogens is 274 g/mol. The first-order valence-electron chi connectivity index (χ1n) is 8.51. The maximum absolute atomic E-state index is 12.9. The van der Waals surface area contributed by atoms with Crippen molar-refractivity contribution in [2.45, 2.75) is 32.1 Å². The van der Waals surface area contributed by atoms with Gasteiger partial charge < -0.3 is 0 Å². The van der Waals surface area contributed by atoms with Crippen molar-refractivity contribution in [3.8, 4) is 0 Å². The average Bonchev–Trinajstić information content (AvgIpc) is 2.89. The maximum Gasteiger partial charge on any atom is 0.242 e. The third-order valence-corrected chi connectivity index (χ3v) is 6.21. The molecule has 0 atom stereocenters. The smallest absolute Gasteiger partial charge is 0.242 e. The van der Waals surface area contributed by atoms with E-state index in [0.717, 1.165) is 22.9 Å². The molecule has 1 N–H and O–H groups in total. The van der Waals surface area contributed by atoms with E-state index in [1.165, 1.54) is 32.1 Å². The second-order valence-electron chi connectivity index (χ2n) is 7.54. The van der Waals surface area contributed by atoms with Gasteiger partial charge in [-0.3, -0.25) is 10.2 Å². The molecule has 0 unspecified atom stereocenters. The molecule has 2 aromatic rings. The average molecular weight is 295 g/mol. The fraction of sp³-hybridized carbons (Fsp3) is 0.556. The van der Waals surface area contributed by atoms with Gasteiger partial charge in [0.05, 0.1) is 11.0 Å². The zero-order valence-electron chi connectivity index (χ0n) is 12.6. The first kappa shape index (κ1) is 12.7. The Morgan fingerprint density at radius 3 is 2.45 bits per heavy atom. The minimum Gasteiger partial charge on any atom is -0.273 e. The minimum absolute atomic E-state index is 0.206. The Morgan fingerprint density at radius 1 is 1.05 bits per heavy atom. The number of carbonyl (C=O) groups is 1. The van der Waals surface area contributed by atoms with Crippen LogP contribution in [-0.4, -0.2) is 15.6 Å². The van der Waals surface area contributed by atoms with Crippen LogP contribution in [0.4, 0.5) is 0 Å². The Kier molecular flexibility index (Phi) is 2.64. The number of rotatable bonds is 2. The van der Waals surface area contributed by atoms with Crippen molar-refractivity contribution in [1.82, 2.24) is 9.66 Å². The van der Waals surface area contributed by atoms with Gasteiger partial charge in [0, 0.05) is 5.92 Å². The molecule has 4 aliphatic rings. The molecule has 114 valence electrons. The lowest BCUT2D eigenvalue weighted by molar-refractivity contribution is -0.133. The molecule has 4 heteroatoms. The molecule has 0 saturated heterocycles. The fourth-order valence-electron chi connectivity index (χ4n) is 5.59. The predicted octanol–water partition coefficient (Wildman–Crippen LogP) is 3.18. The van der Waals surface area contributed by atoms with Crippen LogP contribution in [0.25, 0.3) is 11.0 Å². The zero-order chi connectivity index (χ0) is 14.7. The third-order valence-electron chi connectivity index (χ3n) is 6.21. The molecule has 1 aromatic heterocycles. The summed E-state index contributed by atoms with van der Waals surface area (Å²) in [7, 11) is 0. The molecule has 4 bridgehead atoms. The number of hydrogen-bond acceptors (Lipinski definition) is 2. The number of carbonyl (C=O) groups excluding carboxylic acids is 1. The van der Waals surface area contributed by atoms with Crippen molar-refractivity contribution >= 4 is 16.9 Å². The van der Waals surface area contributed by atoms with Crippen LogP contribution in [0.2, 0.25) is 0 Å². The second kappa shape index (κ2) is 4.58. The third kappa shape index (κ3) is 1.82. The molecule has 0 aliphatic heterocycles. The monoisotopic (exact) mass is 295 g/mol. The molecule has 6 rings (SSSR count). The summed E-state index contributed by atoms with van der Waals surface area (Å²) in [5, 5.41) is 0. The molecule has 4 saturated carbocycles. The lowest BCUT2D eigenvalue weighted by Crippen LogP contribution is -2.50. The van der Waals surface area contributed by atoms with Crippen LogP contribution in [-0.2, 0) is 4.79 Å². The van der Waals surface area contributed by atoms with Gasteiger partial charge in [-0.15, -0.1) is 0 Å². The number of fused-ring (bicyclic) bond motifs is 1. The molecule has 0 spiro atoms. The van der Waals surface area contributed by atoms with Crippen molar-refractivity contribution in [2.75, 3.05) is 5.43 Å². The van der Waals surface area contributed by atoms with Crippen LogP contribution in [0.3, 0.4) is 0 Å². The number of nitrogens with one attached hydrogen (secondary N) is 1.